The van der Waals surface area contributed by atoms with Gasteiger partial charge in [0.1, 0.15) is 0 Å². The first-order chi connectivity index (χ1) is 11.4. The first kappa shape index (κ1) is 19.9. The third-order valence-corrected chi connectivity index (χ3v) is 4.65. The fourth-order valence-corrected chi connectivity index (χ4v) is 3.20. The Bertz CT molecular complexity index is 397. The van der Waals surface area contributed by atoms with Crippen LogP contribution >= 0.6 is 0 Å². The minimum Gasteiger partial charge on any atom is -0.199 e. The summed E-state index contributed by atoms with van der Waals surface area (Å²) < 4.78 is 2.31. The van der Waals surface area contributed by atoms with Gasteiger partial charge >= 0.3 is 0 Å². The molecule has 0 saturated heterocycles. The Morgan fingerprint density at radius 2 is 1.39 bits per heavy atom. The predicted molar refractivity (Wildman–Crippen MR) is 102 cm³/mol. The van der Waals surface area contributed by atoms with E-state index in [9.17, 15) is 0 Å². The van der Waals surface area contributed by atoms with Crippen molar-refractivity contribution in [3.63, 3.8) is 0 Å². The summed E-state index contributed by atoms with van der Waals surface area (Å²) in [6.45, 7) is 7.06. The van der Waals surface area contributed by atoms with Crippen molar-refractivity contribution in [3.05, 3.63) is 42.7 Å². The van der Waals surface area contributed by atoms with E-state index in [1.807, 2.05) is 6.08 Å². The topological polar surface area (TPSA) is 3.88 Å². The minimum atomic E-state index is 0.925. The van der Waals surface area contributed by atoms with Crippen LogP contribution in [0.1, 0.15) is 89.7 Å². The Hall–Kier alpha value is -1.11. The zero-order valence-corrected chi connectivity index (χ0v) is 15.4. The van der Waals surface area contributed by atoms with E-state index in [-0.39, 0.29) is 0 Å². The molecule has 0 amide bonds. The van der Waals surface area contributed by atoms with Gasteiger partial charge in [0.05, 0.1) is 0 Å². The highest BCUT2D eigenvalue weighted by Gasteiger charge is 2.06. The Balaban J connectivity index is 1.95. The molecule has 0 radical (unpaired) electrons. The molecule has 1 heteroatoms. The number of aromatic nitrogens is 1. The van der Waals surface area contributed by atoms with E-state index in [0.717, 1.165) is 6.54 Å². The molecule has 0 aromatic carbocycles. The summed E-state index contributed by atoms with van der Waals surface area (Å²) in [6.07, 6.45) is 22.3. The van der Waals surface area contributed by atoms with E-state index in [1.165, 1.54) is 89.2 Å². The maximum atomic E-state index is 3.84. The van der Waals surface area contributed by atoms with Crippen molar-refractivity contribution in [3.8, 4) is 0 Å². The molecule has 1 aromatic rings. The molecule has 130 valence electrons. The molecule has 0 saturated carbocycles. The van der Waals surface area contributed by atoms with Gasteiger partial charge in [-0.1, -0.05) is 90.2 Å². The Morgan fingerprint density at radius 3 is 1.96 bits per heavy atom. The molecule has 0 aliphatic carbocycles. The molecule has 0 aliphatic rings. The van der Waals surface area contributed by atoms with Gasteiger partial charge in [0, 0.05) is 18.6 Å². The van der Waals surface area contributed by atoms with Gasteiger partial charge in [0.25, 0.3) is 0 Å². The van der Waals surface area contributed by atoms with Crippen molar-refractivity contribution >= 4 is 0 Å². The summed E-state index contributed by atoms with van der Waals surface area (Å²) in [7, 11) is 0. The SMILES string of the molecule is C=CC[n+]1ccccc1CCCCCCCCCCCCCC. The normalized spacial score (nSPS) is 10.8. The second kappa shape index (κ2) is 14.5. The summed E-state index contributed by atoms with van der Waals surface area (Å²) in [5.74, 6) is 0. The average molecular weight is 317 g/mol. The number of nitrogens with zero attached hydrogens (tertiary/aromatic N) is 1. The molecule has 0 fully saturated rings. The monoisotopic (exact) mass is 316 g/mol. The average Bonchev–Trinajstić information content (AvgIpc) is 2.57. The van der Waals surface area contributed by atoms with Crippen LogP contribution in [0.5, 0.6) is 0 Å². The van der Waals surface area contributed by atoms with Crippen molar-refractivity contribution in [2.24, 2.45) is 0 Å². The zero-order chi connectivity index (χ0) is 16.6. The van der Waals surface area contributed by atoms with Crippen LogP contribution in [0.15, 0.2) is 37.1 Å². The quantitative estimate of drug-likeness (QED) is 0.200. The molecule has 1 nitrogen and oxygen atoms in total. The molecular formula is C22H38N+. The molecule has 0 bridgehead atoms. The highest BCUT2D eigenvalue weighted by Crippen LogP contribution is 2.12. The number of rotatable bonds is 15. The predicted octanol–water partition coefficient (Wildman–Crippen LogP) is 6.40. The van der Waals surface area contributed by atoms with Crippen LogP contribution in [0.25, 0.3) is 0 Å². The second-order valence-electron chi connectivity index (χ2n) is 6.77. The largest absolute Gasteiger partial charge is 0.199 e. The Labute approximate surface area is 144 Å². The summed E-state index contributed by atoms with van der Waals surface area (Å²) in [5.41, 5.74) is 1.44. The van der Waals surface area contributed by atoms with Gasteiger partial charge in [-0.2, -0.15) is 4.57 Å². The van der Waals surface area contributed by atoms with E-state index < -0.39 is 0 Å². The van der Waals surface area contributed by atoms with Crippen LogP contribution < -0.4 is 4.57 Å². The third-order valence-electron chi connectivity index (χ3n) is 4.65. The Kier molecular flexibility index (Phi) is 12.6. The van der Waals surface area contributed by atoms with Crippen LogP contribution in [-0.4, -0.2) is 0 Å². The van der Waals surface area contributed by atoms with E-state index in [1.54, 1.807) is 0 Å². The van der Waals surface area contributed by atoms with Gasteiger partial charge in [0.2, 0.25) is 0 Å². The third kappa shape index (κ3) is 10.3. The molecule has 1 heterocycles. The number of hydrogen-bond acceptors (Lipinski definition) is 0. The minimum absolute atomic E-state index is 0.925. The number of allylic oxidation sites excluding steroid dienone is 1. The molecule has 1 aromatic heterocycles. The van der Waals surface area contributed by atoms with E-state index in [2.05, 4.69) is 42.5 Å². The lowest BCUT2D eigenvalue weighted by Gasteiger charge is -2.03. The first-order valence-electron chi connectivity index (χ1n) is 9.96. The van der Waals surface area contributed by atoms with Crippen molar-refractivity contribution in [1.29, 1.82) is 0 Å². The summed E-state index contributed by atoms with van der Waals surface area (Å²) in [4.78, 5) is 0. The van der Waals surface area contributed by atoms with Crippen molar-refractivity contribution in [2.75, 3.05) is 0 Å². The molecule has 0 unspecified atom stereocenters. The second-order valence-corrected chi connectivity index (χ2v) is 6.77. The van der Waals surface area contributed by atoms with Gasteiger partial charge in [-0.15, -0.1) is 0 Å². The number of pyridine rings is 1. The molecule has 1 rings (SSSR count). The van der Waals surface area contributed by atoms with Gasteiger partial charge in [0.15, 0.2) is 18.4 Å². The lowest BCUT2D eigenvalue weighted by molar-refractivity contribution is -0.694. The lowest BCUT2D eigenvalue weighted by atomic mass is 10.0. The summed E-state index contributed by atoms with van der Waals surface area (Å²) >= 11 is 0. The van der Waals surface area contributed by atoms with E-state index in [0.29, 0.717) is 0 Å². The van der Waals surface area contributed by atoms with Gasteiger partial charge < -0.3 is 0 Å². The van der Waals surface area contributed by atoms with Crippen molar-refractivity contribution in [1.82, 2.24) is 0 Å². The van der Waals surface area contributed by atoms with Crippen LogP contribution in [0, 0.1) is 0 Å². The highest BCUT2D eigenvalue weighted by molar-refractivity contribution is 4.97. The standard InChI is InChI=1S/C22H38N/c1-3-5-6-7-8-9-10-11-12-13-14-15-18-22-19-16-17-21-23(22)20-4-2/h4,16-17,19,21H,2-3,5-15,18,20H2,1H3/q+1. The maximum Gasteiger partial charge on any atom is 0.181 e. The molecule has 0 N–H and O–H groups in total. The Morgan fingerprint density at radius 1 is 0.826 bits per heavy atom. The fraction of sp³-hybridized carbons (Fsp3) is 0.682. The van der Waals surface area contributed by atoms with Crippen LogP contribution in [0.3, 0.4) is 0 Å². The zero-order valence-electron chi connectivity index (χ0n) is 15.4. The van der Waals surface area contributed by atoms with Crippen LogP contribution in [0.4, 0.5) is 0 Å². The summed E-state index contributed by atoms with van der Waals surface area (Å²) in [5, 5.41) is 0. The maximum absolute atomic E-state index is 3.84. The molecular weight excluding hydrogens is 278 g/mol. The molecule has 0 atom stereocenters. The first-order valence-corrected chi connectivity index (χ1v) is 9.96. The van der Waals surface area contributed by atoms with Crippen LogP contribution in [0.2, 0.25) is 0 Å². The fourth-order valence-electron chi connectivity index (χ4n) is 3.20. The smallest absolute Gasteiger partial charge is 0.181 e. The lowest BCUT2D eigenvalue weighted by Crippen LogP contribution is -2.36. The molecule has 0 spiro atoms. The summed E-state index contributed by atoms with van der Waals surface area (Å²) in [6, 6.07) is 6.51. The molecule has 23 heavy (non-hydrogen) atoms. The number of unbranched alkanes of at least 4 members (excludes halogenated alkanes) is 11. The van der Waals surface area contributed by atoms with Gasteiger partial charge in [-0.05, 0) is 12.5 Å². The number of hydrogen-bond donors (Lipinski definition) is 0. The van der Waals surface area contributed by atoms with Gasteiger partial charge in [-0.25, -0.2) is 0 Å². The van der Waals surface area contributed by atoms with Gasteiger partial charge in [-0.3, -0.25) is 0 Å². The number of aryl methyl sites for hydroxylation is 1. The van der Waals surface area contributed by atoms with Crippen LogP contribution in [-0.2, 0) is 13.0 Å². The van der Waals surface area contributed by atoms with Crippen molar-refractivity contribution in [2.45, 2.75) is 96.9 Å². The van der Waals surface area contributed by atoms with Crippen molar-refractivity contribution < 1.29 is 4.57 Å². The van der Waals surface area contributed by atoms with E-state index >= 15 is 0 Å². The van der Waals surface area contributed by atoms with E-state index in [4.69, 9.17) is 0 Å². The molecule has 0 aliphatic heterocycles. The highest BCUT2D eigenvalue weighted by atomic mass is 14.9.